The van der Waals surface area contributed by atoms with E-state index in [0.717, 1.165) is 16.6 Å². The van der Waals surface area contributed by atoms with Crippen LogP contribution in [0.4, 0.5) is 15.8 Å². The normalized spacial score (nSPS) is 11.1. The summed E-state index contributed by atoms with van der Waals surface area (Å²) in [4.78, 5) is 12.4. The first-order chi connectivity index (χ1) is 13.2. The van der Waals surface area contributed by atoms with Crippen molar-refractivity contribution in [2.45, 2.75) is 4.90 Å². The van der Waals surface area contributed by atoms with Gasteiger partial charge in [0.25, 0.3) is 15.9 Å². The van der Waals surface area contributed by atoms with Gasteiger partial charge in [0, 0.05) is 10.2 Å². The molecule has 144 valence electrons. The summed E-state index contributed by atoms with van der Waals surface area (Å²) < 4.78 is 41.6. The number of hydrogen-bond donors (Lipinski definition) is 2. The Morgan fingerprint density at radius 2 is 1.68 bits per heavy atom. The van der Waals surface area contributed by atoms with Crippen molar-refractivity contribution < 1.29 is 17.6 Å². The second-order valence-corrected chi connectivity index (χ2v) is 8.72. The minimum absolute atomic E-state index is 0.00768. The van der Waals surface area contributed by atoms with Gasteiger partial charge in [-0.2, -0.15) is 0 Å². The molecule has 0 aliphatic rings. The lowest BCUT2D eigenvalue weighted by atomic mass is 10.2. The van der Waals surface area contributed by atoms with Crippen molar-refractivity contribution in [3.8, 4) is 0 Å². The zero-order valence-corrected chi connectivity index (χ0v) is 17.3. The van der Waals surface area contributed by atoms with Crippen molar-refractivity contribution in [3.63, 3.8) is 0 Å². The van der Waals surface area contributed by atoms with E-state index in [4.69, 9.17) is 11.6 Å². The molecule has 2 N–H and O–H groups in total. The molecule has 28 heavy (non-hydrogen) atoms. The number of carbonyl (C=O) groups excluding carboxylic acids is 1. The molecule has 0 aliphatic heterocycles. The van der Waals surface area contributed by atoms with E-state index < -0.39 is 21.7 Å². The lowest BCUT2D eigenvalue weighted by Crippen LogP contribution is -2.16. The predicted molar refractivity (Wildman–Crippen MR) is 111 cm³/mol. The minimum Gasteiger partial charge on any atom is -0.322 e. The van der Waals surface area contributed by atoms with Crippen LogP contribution in [0.25, 0.3) is 0 Å². The fraction of sp³-hybridized carbons (Fsp3) is 0. The Kier molecular flexibility index (Phi) is 6.02. The Labute approximate surface area is 174 Å². The van der Waals surface area contributed by atoms with Gasteiger partial charge < -0.3 is 5.32 Å². The molecule has 0 bridgehead atoms. The molecular weight excluding hydrogens is 471 g/mol. The fourth-order valence-electron chi connectivity index (χ4n) is 2.34. The van der Waals surface area contributed by atoms with Crippen LogP contribution in [0.15, 0.2) is 76.1 Å². The maximum atomic E-state index is 13.3. The summed E-state index contributed by atoms with van der Waals surface area (Å²) in [5.41, 5.74) is 0.581. The third-order valence-corrected chi connectivity index (χ3v) is 5.91. The Bertz CT molecular complexity index is 1140. The highest BCUT2D eigenvalue weighted by molar-refractivity contribution is 9.10. The van der Waals surface area contributed by atoms with E-state index >= 15 is 0 Å². The molecule has 0 unspecified atom stereocenters. The Morgan fingerprint density at radius 3 is 2.36 bits per heavy atom. The second-order valence-electron chi connectivity index (χ2n) is 5.72. The molecule has 3 aromatic carbocycles. The van der Waals surface area contributed by atoms with Crippen molar-refractivity contribution in [1.29, 1.82) is 0 Å². The number of hydrogen-bond acceptors (Lipinski definition) is 3. The van der Waals surface area contributed by atoms with E-state index in [2.05, 4.69) is 26.0 Å². The van der Waals surface area contributed by atoms with Crippen LogP contribution in [0.2, 0.25) is 5.02 Å². The molecule has 3 rings (SSSR count). The van der Waals surface area contributed by atoms with Crippen LogP contribution in [-0.4, -0.2) is 14.3 Å². The monoisotopic (exact) mass is 482 g/mol. The Balaban J connectivity index is 1.87. The van der Waals surface area contributed by atoms with Crippen LogP contribution in [0, 0.1) is 5.82 Å². The lowest BCUT2D eigenvalue weighted by Gasteiger charge is -2.11. The highest BCUT2D eigenvalue weighted by Gasteiger charge is 2.19. The molecular formula is C19H13BrClFN2O3S. The molecule has 0 aromatic heterocycles. The number of sulfonamides is 1. The highest BCUT2D eigenvalue weighted by atomic mass is 79.9. The highest BCUT2D eigenvalue weighted by Crippen LogP contribution is 2.24. The first-order valence-electron chi connectivity index (χ1n) is 7.89. The predicted octanol–water partition coefficient (Wildman–Crippen LogP) is 5.29. The maximum absolute atomic E-state index is 13.3. The van der Waals surface area contributed by atoms with Gasteiger partial charge in [0.1, 0.15) is 5.82 Å². The molecule has 9 heteroatoms. The van der Waals surface area contributed by atoms with E-state index in [0.29, 0.717) is 5.69 Å². The minimum atomic E-state index is -4.04. The third-order valence-electron chi connectivity index (χ3n) is 3.67. The average molecular weight is 484 g/mol. The second kappa shape index (κ2) is 8.30. The van der Waals surface area contributed by atoms with Gasteiger partial charge in [-0.05, 0) is 60.7 Å². The summed E-state index contributed by atoms with van der Waals surface area (Å²) in [5, 5.41) is 2.75. The van der Waals surface area contributed by atoms with Gasteiger partial charge in [-0.15, -0.1) is 0 Å². The van der Waals surface area contributed by atoms with E-state index in [1.807, 2.05) is 0 Å². The molecule has 3 aromatic rings. The van der Waals surface area contributed by atoms with Crippen molar-refractivity contribution in [3.05, 3.63) is 87.6 Å². The summed E-state index contributed by atoms with van der Waals surface area (Å²) >= 11 is 9.38. The molecule has 5 nitrogen and oxygen atoms in total. The number of carbonyl (C=O) groups is 1. The van der Waals surface area contributed by atoms with Crippen LogP contribution in [0.3, 0.4) is 0 Å². The molecule has 0 saturated carbocycles. The van der Waals surface area contributed by atoms with Crippen LogP contribution >= 0.6 is 27.5 Å². The van der Waals surface area contributed by atoms with Crippen molar-refractivity contribution in [2.75, 3.05) is 10.0 Å². The summed E-state index contributed by atoms with van der Waals surface area (Å²) in [6.07, 6.45) is 0. The standard InChI is InChI=1S/C19H13BrClFN2O3S/c20-12-4-6-14(7-5-12)23-19(25)17-11-16(8-9-18(17)21)28(26,27)24-15-3-1-2-13(22)10-15/h1-11,24H,(H,23,25). The lowest BCUT2D eigenvalue weighted by molar-refractivity contribution is 0.102. The van der Waals surface area contributed by atoms with Gasteiger partial charge in [0.05, 0.1) is 21.2 Å². The zero-order valence-electron chi connectivity index (χ0n) is 14.1. The Hall–Kier alpha value is -2.42. The van der Waals surface area contributed by atoms with Crippen molar-refractivity contribution in [2.24, 2.45) is 0 Å². The number of amides is 1. The number of nitrogens with one attached hydrogen (secondary N) is 2. The van der Waals surface area contributed by atoms with Crippen molar-refractivity contribution in [1.82, 2.24) is 0 Å². The van der Waals surface area contributed by atoms with E-state index in [1.165, 1.54) is 30.3 Å². The van der Waals surface area contributed by atoms with E-state index in [-0.39, 0.29) is 21.2 Å². The molecule has 0 heterocycles. The van der Waals surface area contributed by atoms with Gasteiger partial charge in [-0.25, -0.2) is 12.8 Å². The van der Waals surface area contributed by atoms with Gasteiger partial charge >= 0.3 is 0 Å². The zero-order chi connectivity index (χ0) is 20.3. The molecule has 0 aliphatic carbocycles. The van der Waals surface area contributed by atoms with Crippen LogP contribution in [0.1, 0.15) is 10.4 Å². The van der Waals surface area contributed by atoms with Gasteiger partial charge in [-0.1, -0.05) is 33.6 Å². The first kappa shape index (κ1) is 20.3. The molecule has 0 fully saturated rings. The first-order valence-corrected chi connectivity index (χ1v) is 10.5. The summed E-state index contributed by atoms with van der Waals surface area (Å²) in [6, 6.07) is 15.7. The fourth-order valence-corrected chi connectivity index (χ4v) is 3.89. The number of benzene rings is 3. The summed E-state index contributed by atoms with van der Waals surface area (Å²) in [5.74, 6) is -1.14. The molecule has 0 spiro atoms. The smallest absolute Gasteiger partial charge is 0.261 e. The Morgan fingerprint density at radius 1 is 0.964 bits per heavy atom. The van der Waals surface area contributed by atoms with Gasteiger partial charge in [-0.3, -0.25) is 9.52 Å². The van der Waals surface area contributed by atoms with Crippen LogP contribution in [-0.2, 0) is 10.0 Å². The number of halogens is 3. The molecule has 0 radical (unpaired) electrons. The number of anilines is 2. The van der Waals surface area contributed by atoms with E-state index in [1.54, 1.807) is 24.3 Å². The van der Waals surface area contributed by atoms with E-state index in [9.17, 15) is 17.6 Å². The third kappa shape index (κ3) is 4.89. The average Bonchev–Trinajstić information content (AvgIpc) is 2.63. The van der Waals surface area contributed by atoms with Crippen LogP contribution < -0.4 is 10.0 Å². The van der Waals surface area contributed by atoms with Crippen molar-refractivity contribution >= 4 is 54.8 Å². The summed E-state index contributed by atoms with van der Waals surface area (Å²) in [6.45, 7) is 0. The quantitative estimate of drug-likeness (QED) is 0.517. The molecule has 1 amide bonds. The number of rotatable bonds is 5. The summed E-state index contributed by atoms with van der Waals surface area (Å²) in [7, 11) is -4.04. The topological polar surface area (TPSA) is 75.3 Å². The maximum Gasteiger partial charge on any atom is 0.261 e. The van der Waals surface area contributed by atoms with Crippen LogP contribution in [0.5, 0.6) is 0 Å². The molecule has 0 saturated heterocycles. The van der Waals surface area contributed by atoms with Gasteiger partial charge in [0.2, 0.25) is 0 Å². The SMILES string of the molecule is O=C(Nc1ccc(Br)cc1)c1cc(S(=O)(=O)Nc2cccc(F)c2)ccc1Cl. The largest absolute Gasteiger partial charge is 0.322 e. The van der Waals surface area contributed by atoms with Gasteiger partial charge in [0.15, 0.2) is 0 Å². The molecule has 0 atom stereocenters.